The lowest BCUT2D eigenvalue weighted by atomic mass is 9.85. The fourth-order valence-electron chi connectivity index (χ4n) is 1.81. The van der Waals surface area contributed by atoms with E-state index in [4.69, 9.17) is 10.5 Å². The number of nitrogens with one attached hydrogen (secondary N) is 1. The summed E-state index contributed by atoms with van der Waals surface area (Å²) in [5.74, 6) is 0.200. The van der Waals surface area contributed by atoms with Crippen LogP contribution in [0.5, 0.6) is 5.75 Å². The summed E-state index contributed by atoms with van der Waals surface area (Å²) in [6.45, 7) is 9.98. The number of amides is 1. The number of benzene rings is 1. The number of carbonyl (C=O) groups excluding carboxylic acids is 1. The smallest absolute Gasteiger partial charge is 0.412 e. The third-order valence-electron chi connectivity index (χ3n) is 2.95. The highest BCUT2D eigenvalue weighted by molar-refractivity contribution is 5.85. The lowest BCUT2D eigenvalue weighted by Gasteiger charge is -2.23. The average molecular weight is 294 g/mol. The fourth-order valence-corrected chi connectivity index (χ4v) is 1.81. The van der Waals surface area contributed by atoms with E-state index in [0.717, 1.165) is 5.56 Å². The third-order valence-corrected chi connectivity index (χ3v) is 2.95. The van der Waals surface area contributed by atoms with Crippen LogP contribution in [-0.4, -0.2) is 23.3 Å². The number of anilines is 1. The van der Waals surface area contributed by atoms with Crippen molar-refractivity contribution in [1.29, 1.82) is 0 Å². The molecular weight excluding hydrogens is 268 g/mol. The standard InChI is InChI=1S/C16H26N2O3/c1-15(2,3)21-14(20)18-12-6-7-13(19)11(8-12)9-16(4,5)10-17/h6-8,19H,9-10,17H2,1-5H3,(H,18,20). The Morgan fingerprint density at radius 3 is 2.43 bits per heavy atom. The van der Waals surface area contributed by atoms with Crippen LogP contribution in [0.2, 0.25) is 0 Å². The van der Waals surface area contributed by atoms with Crippen molar-refractivity contribution in [3.05, 3.63) is 23.8 Å². The molecule has 0 fully saturated rings. The highest BCUT2D eigenvalue weighted by atomic mass is 16.6. The maximum Gasteiger partial charge on any atom is 0.412 e. The van der Waals surface area contributed by atoms with Gasteiger partial charge in [-0.2, -0.15) is 0 Å². The minimum absolute atomic E-state index is 0.123. The van der Waals surface area contributed by atoms with Gasteiger partial charge in [-0.25, -0.2) is 4.79 Å². The van der Waals surface area contributed by atoms with Gasteiger partial charge < -0.3 is 15.6 Å². The van der Waals surface area contributed by atoms with Gasteiger partial charge in [0.2, 0.25) is 0 Å². The Morgan fingerprint density at radius 2 is 1.90 bits per heavy atom. The molecule has 0 saturated carbocycles. The Morgan fingerprint density at radius 1 is 1.29 bits per heavy atom. The number of phenols is 1. The van der Waals surface area contributed by atoms with Crippen molar-refractivity contribution in [1.82, 2.24) is 0 Å². The largest absolute Gasteiger partial charge is 0.508 e. The Labute approximate surface area is 126 Å². The maximum atomic E-state index is 11.7. The summed E-state index contributed by atoms with van der Waals surface area (Å²) in [5.41, 5.74) is 6.38. The van der Waals surface area contributed by atoms with E-state index < -0.39 is 11.7 Å². The first-order chi connectivity index (χ1) is 9.52. The molecule has 1 aromatic carbocycles. The van der Waals surface area contributed by atoms with E-state index in [9.17, 15) is 9.90 Å². The second-order valence-electron chi connectivity index (χ2n) is 7.02. The molecule has 0 saturated heterocycles. The van der Waals surface area contributed by atoms with Gasteiger partial charge in [-0.3, -0.25) is 5.32 Å². The predicted molar refractivity (Wildman–Crippen MR) is 84.5 cm³/mol. The molecule has 0 aliphatic heterocycles. The quantitative estimate of drug-likeness (QED) is 0.744. The van der Waals surface area contributed by atoms with Crippen molar-refractivity contribution in [3.63, 3.8) is 0 Å². The van der Waals surface area contributed by atoms with Gasteiger partial charge in [0.15, 0.2) is 0 Å². The molecule has 118 valence electrons. The molecule has 1 amide bonds. The third kappa shape index (κ3) is 6.04. The van der Waals surface area contributed by atoms with Gasteiger partial charge in [-0.1, -0.05) is 13.8 Å². The van der Waals surface area contributed by atoms with Crippen molar-refractivity contribution in [2.75, 3.05) is 11.9 Å². The lowest BCUT2D eigenvalue weighted by Crippen LogP contribution is -2.27. The van der Waals surface area contributed by atoms with E-state index in [1.165, 1.54) is 0 Å². The van der Waals surface area contributed by atoms with E-state index in [1.54, 1.807) is 39.0 Å². The van der Waals surface area contributed by atoms with Gasteiger partial charge in [-0.05, 0) is 62.9 Å². The van der Waals surface area contributed by atoms with Gasteiger partial charge in [0.05, 0.1) is 0 Å². The second kappa shape index (κ2) is 6.35. The van der Waals surface area contributed by atoms with Crippen LogP contribution in [0.4, 0.5) is 10.5 Å². The van der Waals surface area contributed by atoms with Gasteiger partial charge in [-0.15, -0.1) is 0 Å². The van der Waals surface area contributed by atoms with E-state index >= 15 is 0 Å². The molecule has 0 bridgehead atoms. The summed E-state index contributed by atoms with van der Waals surface area (Å²) in [6.07, 6.45) is 0.108. The van der Waals surface area contributed by atoms with Crippen molar-refractivity contribution >= 4 is 11.8 Å². The number of rotatable bonds is 4. The fraction of sp³-hybridized carbons (Fsp3) is 0.562. The molecule has 0 radical (unpaired) electrons. The first kappa shape index (κ1) is 17.3. The van der Waals surface area contributed by atoms with Gasteiger partial charge in [0.1, 0.15) is 11.4 Å². The Bertz CT molecular complexity index is 505. The molecule has 1 aromatic rings. The average Bonchev–Trinajstić information content (AvgIpc) is 2.30. The first-order valence-electron chi connectivity index (χ1n) is 7.04. The molecule has 0 unspecified atom stereocenters. The minimum atomic E-state index is -0.550. The maximum absolute atomic E-state index is 11.7. The Hall–Kier alpha value is -1.75. The SMILES string of the molecule is CC(C)(CN)Cc1cc(NC(=O)OC(C)(C)C)ccc1O. The highest BCUT2D eigenvalue weighted by Crippen LogP contribution is 2.29. The van der Waals surface area contributed by atoms with E-state index in [1.807, 2.05) is 13.8 Å². The van der Waals surface area contributed by atoms with E-state index in [-0.39, 0.29) is 11.2 Å². The van der Waals surface area contributed by atoms with E-state index in [0.29, 0.717) is 18.7 Å². The molecule has 0 aliphatic carbocycles. The molecule has 4 N–H and O–H groups in total. The van der Waals surface area contributed by atoms with Crippen molar-refractivity contribution in [3.8, 4) is 5.75 Å². The minimum Gasteiger partial charge on any atom is -0.508 e. The molecule has 0 atom stereocenters. The number of hydrogen-bond acceptors (Lipinski definition) is 4. The second-order valence-corrected chi connectivity index (χ2v) is 7.02. The van der Waals surface area contributed by atoms with Gasteiger partial charge in [0.25, 0.3) is 0 Å². The van der Waals surface area contributed by atoms with Crippen LogP contribution >= 0.6 is 0 Å². The molecule has 21 heavy (non-hydrogen) atoms. The number of carbonyl (C=O) groups is 1. The summed E-state index contributed by atoms with van der Waals surface area (Å²) < 4.78 is 5.20. The van der Waals surface area contributed by atoms with E-state index in [2.05, 4.69) is 5.32 Å². The van der Waals surface area contributed by atoms with Crippen molar-refractivity contribution in [2.45, 2.75) is 46.6 Å². The molecule has 0 aliphatic rings. The normalized spacial score (nSPS) is 12.1. The summed E-state index contributed by atoms with van der Waals surface area (Å²) >= 11 is 0. The lowest BCUT2D eigenvalue weighted by molar-refractivity contribution is 0.0636. The Kier molecular flexibility index (Phi) is 5.23. The zero-order valence-electron chi connectivity index (χ0n) is 13.5. The summed E-state index contributed by atoms with van der Waals surface area (Å²) in [4.78, 5) is 11.7. The molecule has 5 nitrogen and oxygen atoms in total. The van der Waals surface area contributed by atoms with Gasteiger partial charge in [0, 0.05) is 5.69 Å². The summed E-state index contributed by atoms with van der Waals surface area (Å²) in [7, 11) is 0. The number of aromatic hydroxyl groups is 1. The molecule has 0 spiro atoms. The van der Waals surface area contributed by atoms with Crippen LogP contribution in [-0.2, 0) is 11.2 Å². The van der Waals surface area contributed by atoms with Crippen LogP contribution in [0.25, 0.3) is 0 Å². The molecule has 0 heterocycles. The number of hydrogen-bond donors (Lipinski definition) is 3. The van der Waals surface area contributed by atoms with Gasteiger partial charge >= 0.3 is 6.09 Å². The van der Waals surface area contributed by atoms with Crippen molar-refractivity contribution < 1.29 is 14.6 Å². The van der Waals surface area contributed by atoms with Crippen LogP contribution in [0.15, 0.2) is 18.2 Å². The number of ether oxygens (including phenoxy) is 1. The predicted octanol–water partition coefficient (Wildman–Crippen LogP) is 3.27. The first-order valence-corrected chi connectivity index (χ1v) is 7.04. The highest BCUT2D eigenvalue weighted by Gasteiger charge is 2.20. The molecule has 1 rings (SSSR count). The monoisotopic (exact) mass is 294 g/mol. The van der Waals surface area contributed by atoms with Crippen LogP contribution < -0.4 is 11.1 Å². The summed E-state index contributed by atoms with van der Waals surface area (Å²) in [5, 5.41) is 12.6. The van der Waals surface area contributed by atoms with Crippen LogP contribution in [0.3, 0.4) is 0 Å². The number of nitrogens with two attached hydrogens (primary N) is 1. The van der Waals surface area contributed by atoms with Crippen LogP contribution in [0, 0.1) is 5.41 Å². The zero-order chi connectivity index (χ0) is 16.3. The Balaban J connectivity index is 2.85. The van der Waals surface area contributed by atoms with Crippen LogP contribution in [0.1, 0.15) is 40.2 Å². The topological polar surface area (TPSA) is 84.6 Å². The molecular formula is C16H26N2O3. The zero-order valence-corrected chi connectivity index (χ0v) is 13.5. The molecule has 0 aromatic heterocycles. The van der Waals surface area contributed by atoms with Crippen molar-refractivity contribution in [2.24, 2.45) is 11.1 Å². The summed E-state index contributed by atoms with van der Waals surface area (Å²) in [6, 6.07) is 4.95. The molecule has 5 heteroatoms. The number of phenolic OH excluding ortho intramolecular Hbond substituents is 1.